The van der Waals surface area contributed by atoms with Crippen molar-refractivity contribution in [3.8, 4) is 11.5 Å². The second-order valence-electron chi connectivity index (χ2n) is 7.60. The zero-order valence-corrected chi connectivity index (χ0v) is 20.3. The van der Waals surface area contributed by atoms with E-state index >= 15 is 0 Å². The molecule has 0 spiro atoms. The van der Waals surface area contributed by atoms with E-state index < -0.39 is 27.1 Å². The molecule has 2 aromatic heterocycles. The first-order chi connectivity index (χ1) is 17.1. The summed E-state index contributed by atoms with van der Waals surface area (Å²) in [5, 5.41) is 22.2. The number of piperazine rings is 1. The lowest BCUT2D eigenvalue weighted by Gasteiger charge is -2.33. The van der Waals surface area contributed by atoms with Gasteiger partial charge in [0, 0.05) is 51.6 Å². The number of nitro benzene ring substituents is 1. The van der Waals surface area contributed by atoms with Crippen molar-refractivity contribution in [1.29, 1.82) is 0 Å². The van der Waals surface area contributed by atoms with Crippen molar-refractivity contribution in [2.24, 2.45) is 7.05 Å². The van der Waals surface area contributed by atoms with E-state index in [9.17, 15) is 32.1 Å². The monoisotopic (exact) mass is 543 g/mol. The molecule has 1 aliphatic heterocycles. The number of benzene rings is 1. The third kappa shape index (κ3) is 5.36. The number of alkyl halides is 2. The maximum Gasteiger partial charge on any atom is 0.282 e. The first-order valence-corrected chi connectivity index (χ1v) is 12.8. The Bertz CT molecular complexity index is 1390. The van der Waals surface area contributed by atoms with Crippen LogP contribution in [0.2, 0.25) is 0 Å². The smallest absolute Gasteiger partial charge is 0.282 e. The molecule has 13 nitrogen and oxygen atoms in total. The molecule has 4 rings (SSSR count). The zero-order valence-electron chi connectivity index (χ0n) is 18.7. The molecule has 3 aromatic rings. The number of carbonyl (C=O) groups excluding carboxylic acids is 1. The van der Waals surface area contributed by atoms with Crippen molar-refractivity contribution in [1.82, 2.24) is 29.2 Å². The minimum Gasteiger partial charge on any atom is -0.411 e. The van der Waals surface area contributed by atoms with Gasteiger partial charge in [0.15, 0.2) is 0 Å². The number of hydrogen-bond donors (Lipinski definition) is 0. The van der Waals surface area contributed by atoms with Crippen molar-refractivity contribution in [3.63, 3.8) is 0 Å². The molecule has 17 heteroatoms. The molecule has 0 unspecified atom stereocenters. The van der Waals surface area contributed by atoms with E-state index in [0.717, 1.165) is 17.8 Å². The summed E-state index contributed by atoms with van der Waals surface area (Å²) in [6.07, 6.45) is -1.50. The number of aromatic nitrogens is 4. The molecular weight excluding hydrogens is 524 g/mol. The Labute approximate surface area is 207 Å². The van der Waals surface area contributed by atoms with Crippen LogP contribution >= 0.6 is 11.8 Å². The largest absolute Gasteiger partial charge is 0.411 e. The highest BCUT2D eigenvalue weighted by Gasteiger charge is 2.31. The fourth-order valence-electron chi connectivity index (χ4n) is 3.51. The summed E-state index contributed by atoms with van der Waals surface area (Å²) >= 11 is 0.924. The molecule has 0 saturated carbocycles. The van der Waals surface area contributed by atoms with Gasteiger partial charge >= 0.3 is 0 Å². The molecular formula is C19H19F2N7O6S2. The lowest BCUT2D eigenvalue weighted by molar-refractivity contribution is -0.385. The first-order valence-electron chi connectivity index (χ1n) is 10.4. The van der Waals surface area contributed by atoms with Gasteiger partial charge in [-0.05, 0) is 6.07 Å². The fourth-order valence-corrected chi connectivity index (χ4v) is 5.64. The van der Waals surface area contributed by atoms with Crippen molar-refractivity contribution in [2.75, 3.05) is 31.9 Å². The molecule has 1 aromatic carbocycles. The molecule has 1 amide bonds. The molecule has 1 fully saturated rings. The molecule has 1 aliphatic rings. The quantitative estimate of drug-likeness (QED) is 0.234. The Morgan fingerprint density at radius 3 is 2.64 bits per heavy atom. The average Bonchev–Trinajstić information content (AvgIpc) is 3.49. The van der Waals surface area contributed by atoms with Gasteiger partial charge in [0.05, 0.1) is 21.1 Å². The lowest BCUT2D eigenvalue weighted by atomic mass is 10.2. The summed E-state index contributed by atoms with van der Waals surface area (Å²) in [5.74, 6) is -0.538. The highest BCUT2D eigenvalue weighted by atomic mass is 32.2. The van der Waals surface area contributed by atoms with Crippen molar-refractivity contribution in [2.45, 2.75) is 16.5 Å². The van der Waals surface area contributed by atoms with Crippen LogP contribution in [0.4, 0.5) is 14.5 Å². The topological polar surface area (TPSA) is 158 Å². The van der Waals surface area contributed by atoms with Gasteiger partial charge in [0.1, 0.15) is 5.69 Å². The highest BCUT2D eigenvalue weighted by molar-refractivity contribution is 7.99. The molecule has 0 radical (unpaired) electrons. The number of sulfonamides is 1. The van der Waals surface area contributed by atoms with Crippen LogP contribution in [0.5, 0.6) is 0 Å². The van der Waals surface area contributed by atoms with E-state index in [-0.39, 0.29) is 65.1 Å². The number of non-ortho nitro benzene ring substituents is 1. The molecule has 0 bridgehead atoms. The standard InChI is InChI=1S/C19H19F2N7O6S2/c1-25-10-14(16(24-25)17(20)21)18-22-23-19(34-18)35-11-15(29)26-5-7-27(8-6-26)36(32,33)13-4-2-3-12(9-13)28(30)31/h2-4,9-10,17H,5-8,11H2,1H3. The Balaban J connectivity index is 1.33. The summed E-state index contributed by atoms with van der Waals surface area (Å²) in [4.78, 5) is 24.2. The molecule has 3 heterocycles. The Hall–Kier alpha value is -3.44. The van der Waals surface area contributed by atoms with Gasteiger partial charge in [0.25, 0.3) is 23.2 Å². The van der Waals surface area contributed by atoms with Gasteiger partial charge in [-0.25, -0.2) is 17.2 Å². The van der Waals surface area contributed by atoms with E-state index in [1.807, 2.05) is 0 Å². The van der Waals surface area contributed by atoms with Crippen LogP contribution in [-0.2, 0) is 21.9 Å². The summed E-state index contributed by atoms with van der Waals surface area (Å²) in [6, 6.07) is 4.78. The Morgan fingerprint density at radius 2 is 1.97 bits per heavy atom. The number of aryl methyl sites for hydroxylation is 1. The van der Waals surface area contributed by atoms with E-state index in [1.54, 1.807) is 0 Å². The predicted molar refractivity (Wildman–Crippen MR) is 121 cm³/mol. The number of amides is 1. The molecule has 36 heavy (non-hydrogen) atoms. The summed E-state index contributed by atoms with van der Waals surface area (Å²) in [5.41, 5.74) is -0.828. The average molecular weight is 544 g/mol. The summed E-state index contributed by atoms with van der Waals surface area (Å²) < 4.78 is 59.8. The fraction of sp³-hybridized carbons (Fsp3) is 0.368. The number of halogens is 2. The summed E-state index contributed by atoms with van der Waals surface area (Å²) in [7, 11) is -2.48. The van der Waals surface area contributed by atoms with Crippen LogP contribution in [0, 0.1) is 10.1 Å². The van der Waals surface area contributed by atoms with Gasteiger partial charge < -0.3 is 9.32 Å². The van der Waals surface area contributed by atoms with E-state index in [4.69, 9.17) is 4.42 Å². The van der Waals surface area contributed by atoms with Crippen LogP contribution in [0.15, 0.2) is 45.0 Å². The van der Waals surface area contributed by atoms with Gasteiger partial charge in [-0.3, -0.25) is 19.6 Å². The van der Waals surface area contributed by atoms with Crippen molar-refractivity contribution in [3.05, 3.63) is 46.3 Å². The lowest BCUT2D eigenvalue weighted by Crippen LogP contribution is -2.50. The second kappa shape index (κ2) is 10.3. The van der Waals surface area contributed by atoms with Gasteiger partial charge in [0.2, 0.25) is 15.9 Å². The number of carbonyl (C=O) groups is 1. The first kappa shape index (κ1) is 25.6. The molecule has 192 valence electrons. The van der Waals surface area contributed by atoms with Gasteiger partial charge in [-0.2, -0.15) is 9.40 Å². The third-order valence-electron chi connectivity index (χ3n) is 5.28. The van der Waals surface area contributed by atoms with Crippen LogP contribution < -0.4 is 0 Å². The molecule has 0 atom stereocenters. The van der Waals surface area contributed by atoms with Crippen LogP contribution in [0.3, 0.4) is 0 Å². The minimum absolute atomic E-state index is 0.000689. The zero-order chi connectivity index (χ0) is 26.0. The number of rotatable bonds is 8. The highest BCUT2D eigenvalue weighted by Crippen LogP contribution is 2.31. The van der Waals surface area contributed by atoms with Crippen molar-refractivity contribution >= 4 is 33.4 Å². The predicted octanol–water partition coefficient (Wildman–Crippen LogP) is 1.94. The maximum absolute atomic E-state index is 13.2. The maximum atomic E-state index is 13.2. The molecule has 1 saturated heterocycles. The van der Waals surface area contributed by atoms with E-state index in [2.05, 4.69) is 15.3 Å². The SMILES string of the molecule is Cn1cc(-c2nnc(SCC(=O)N3CCN(S(=O)(=O)c4cccc([N+](=O)[O-])c4)CC3)o2)c(C(F)F)n1. The van der Waals surface area contributed by atoms with Crippen LogP contribution in [0.25, 0.3) is 11.5 Å². The van der Waals surface area contributed by atoms with Gasteiger partial charge in [-0.1, -0.05) is 17.8 Å². The number of nitrogens with zero attached hydrogens (tertiary/aromatic N) is 7. The molecule has 0 aliphatic carbocycles. The number of nitro groups is 1. The number of thioether (sulfide) groups is 1. The van der Waals surface area contributed by atoms with E-state index in [1.165, 1.54) is 45.3 Å². The minimum atomic E-state index is -3.96. The molecule has 0 N–H and O–H groups in total. The Kier molecular flexibility index (Phi) is 7.32. The summed E-state index contributed by atoms with van der Waals surface area (Å²) in [6.45, 7) is 0.277. The third-order valence-corrected chi connectivity index (χ3v) is 7.98. The van der Waals surface area contributed by atoms with E-state index in [0.29, 0.717) is 0 Å². The van der Waals surface area contributed by atoms with Crippen LogP contribution in [-0.4, -0.2) is 80.4 Å². The normalized spacial score (nSPS) is 14.9. The van der Waals surface area contributed by atoms with Crippen LogP contribution in [0.1, 0.15) is 12.1 Å². The second-order valence-corrected chi connectivity index (χ2v) is 10.5. The Morgan fingerprint density at radius 1 is 1.25 bits per heavy atom. The number of hydrogen-bond acceptors (Lipinski definition) is 10. The van der Waals surface area contributed by atoms with Gasteiger partial charge in [-0.15, -0.1) is 10.2 Å². The van der Waals surface area contributed by atoms with Crippen molar-refractivity contribution < 1.29 is 31.3 Å².